The smallest absolute Gasteiger partial charge is 0.233 e. The third-order valence-corrected chi connectivity index (χ3v) is 3.56. The number of nitrogens with one attached hydrogen (secondary N) is 1. The number of aromatic nitrogens is 2. The average Bonchev–Trinajstić information content (AvgIpc) is 2.67. The van der Waals surface area contributed by atoms with Crippen LogP contribution in [0.2, 0.25) is 0 Å². The normalized spacial score (nSPS) is 18.8. The molecule has 0 aliphatic carbocycles. The standard InChI is InChI=1S/C10H19N5S/c1-2-5-15-6-3-8(4-7-15)12-10-13-9(11)14-16-10/h8H,2-7H2,1H3,(H3,11,12,13,14). The van der Waals surface area contributed by atoms with E-state index in [-0.39, 0.29) is 0 Å². The summed E-state index contributed by atoms with van der Waals surface area (Å²) in [5.74, 6) is 0.371. The quantitative estimate of drug-likeness (QED) is 0.834. The fourth-order valence-corrected chi connectivity index (χ4v) is 2.66. The highest BCUT2D eigenvalue weighted by atomic mass is 32.1. The van der Waals surface area contributed by atoms with Gasteiger partial charge in [-0.1, -0.05) is 6.92 Å². The number of hydrogen-bond donors (Lipinski definition) is 2. The molecule has 5 nitrogen and oxygen atoms in total. The van der Waals surface area contributed by atoms with Gasteiger partial charge in [0.15, 0.2) is 0 Å². The van der Waals surface area contributed by atoms with Gasteiger partial charge >= 0.3 is 0 Å². The number of hydrogen-bond acceptors (Lipinski definition) is 6. The van der Waals surface area contributed by atoms with Gasteiger partial charge in [0.05, 0.1) is 0 Å². The summed E-state index contributed by atoms with van der Waals surface area (Å²) in [6.07, 6.45) is 3.60. The predicted molar refractivity (Wildman–Crippen MR) is 67.7 cm³/mol. The zero-order valence-electron chi connectivity index (χ0n) is 9.65. The van der Waals surface area contributed by atoms with Gasteiger partial charge in [0.2, 0.25) is 11.1 Å². The van der Waals surface area contributed by atoms with Crippen LogP contribution >= 0.6 is 11.5 Å². The lowest BCUT2D eigenvalue weighted by atomic mass is 10.1. The summed E-state index contributed by atoms with van der Waals surface area (Å²) in [6, 6.07) is 0.528. The summed E-state index contributed by atoms with van der Waals surface area (Å²) < 4.78 is 3.96. The zero-order chi connectivity index (χ0) is 11.4. The summed E-state index contributed by atoms with van der Waals surface area (Å²) >= 11 is 1.34. The van der Waals surface area contributed by atoms with Gasteiger partial charge in [0, 0.05) is 30.7 Å². The molecule has 90 valence electrons. The second kappa shape index (κ2) is 5.45. The number of piperidine rings is 1. The Bertz CT molecular complexity index is 319. The Labute approximate surface area is 100 Å². The first kappa shape index (κ1) is 11.6. The van der Waals surface area contributed by atoms with E-state index in [1.54, 1.807) is 0 Å². The molecular weight excluding hydrogens is 222 g/mol. The monoisotopic (exact) mass is 241 g/mol. The number of likely N-dealkylation sites (tertiary alicyclic amines) is 1. The SMILES string of the molecule is CCCN1CCC(Nc2nc(N)ns2)CC1. The van der Waals surface area contributed by atoms with Gasteiger partial charge in [-0.25, -0.2) is 0 Å². The van der Waals surface area contributed by atoms with E-state index in [1.165, 1.54) is 50.4 Å². The molecule has 1 fully saturated rings. The van der Waals surface area contributed by atoms with Crippen molar-refractivity contribution in [2.24, 2.45) is 0 Å². The van der Waals surface area contributed by atoms with Crippen molar-refractivity contribution in [2.75, 3.05) is 30.7 Å². The van der Waals surface area contributed by atoms with E-state index in [1.807, 2.05) is 0 Å². The molecule has 1 aromatic rings. The first-order valence-corrected chi connectivity index (χ1v) is 6.63. The van der Waals surface area contributed by atoms with Crippen LogP contribution in [0.25, 0.3) is 0 Å². The Kier molecular flexibility index (Phi) is 3.95. The number of rotatable bonds is 4. The topological polar surface area (TPSA) is 67.1 Å². The minimum Gasteiger partial charge on any atom is -0.367 e. The highest BCUT2D eigenvalue weighted by Crippen LogP contribution is 2.18. The largest absolute Gasteiger partial charge is 0.367 e. The lowest BCUT2D eigenvalue weighted by molar-refractivity contribution is 0.219. The van der Waals surface area contributed by atoms with Crippen molar-refractivity contribution in [1.82, 2.24) is 14.3 Å². The molecule has 0 spiro atoms. The van der Waals surface area contributed by atoms with E-state index < -0.39 is 0 Å². The summed E-state index contributed by atoms with van der Waals surface area (Å²) in [4.78, 5) is 6.64. The molecule has 16 heavy (non-hydrogen) atoms. The van der Waals surface area contributed by atoms with Crippen LogP contribution in [-0.4, -0.2) is 39.9 Å². The highest BCUT2D eigenvalue weighted by molar-refractivity contribution is 7.09. The van der Waals surface area contributed by atoms with E-state index in [0.29, 0.717) is 12.0 Å². The number of anilines is 2. The molecule has 6 heteroatoms. The molecule has 1 aliphatic heterocycles. The van der Waals surface area contributed by atoms with Crippen LogP contribution < -0.4 is 11.1 Å². The maximum absolute atomic E-state index is 5.49. The first-order chi connectivity index (χ1) is 7.78. The van der Waals surface area contributed by atoms with E-state index >= 15 is 0 Å². The van der Waals surface area contributed by atoms with Crippen molar-refractivity contribution >= 4 is 22.6 Å². The second-order valence-corrected chi connectivity index (χ2v) is 4.97. The molecule has 0 unspecified atom stereocenters. The van der Waals surface area contributed by atoms with Crippen LogP contribution in [0.3, 0.4) is 0 Å². The predicted octanol–water partition coefficient (Wildman–Crippen LogP) is 1.41. The number of nitrogens with two attached hydrogens (primary N) is 1. The van der Waals surface area contributed by atoms with Crippen molar-refractivity contribution in [2.45, 2.75) is 32.2 Å². The van der Waals surface area contributed by atoms with Gasteiger partial charge in [-0.2, -0.15) is 9.36 Å². The minimum absolute atomic E-state index is 0.371. The van der Waals surface area contributed by atoms with E-state index in [0.717, 1.165) is 5.13 Å². The molecule has 1 saturated heterocycles. The Balaban J connectivity index is 1.77. The van der Waals surface area contributed by atoms with E-state index in [4.69, 9.17) is 5.73 Å². The lowest BCUT2D eigenvalue weighted by Gasteiger charge is -2.31. The van der Waals surface area contributed by atoms with Gasteiger partial charge in [-0.05, 0) is 25.8 Å². The third kappa shape index (κ3) is 3.05. The highest BCUT2D eigenvalue weighted by Gasteiger charge is 2.19. The molecule has 2 heterocycles. The Morgan fingerprint density at radius 1 is 1.50 bits per heavy atom. The van der Waals surface area contributed by atoms with Crippen LogP contribution in [0.1, 0.15) is 26.2 Å². The molecule has 3 N–H and O–H groups in total. The summed E-state index contributed by atoms with van der Waals surface area (Å²) in [5, 5.41) is 4.26. The summed E-state index contributed by atoms with van der Waals surface area (Å²) in [6.45, 7) is 5.81. The first-order valence-electron chi connectivity index (χ1n) is 5.86. The van der Waals surface area contributed by atoms with Crippen LogP contribution in [0.15, 0.2) is 0 Å². The zero-order valence-corrected chi connectivity index (χ0v) is 10.5. The van der Waals surface area contributed by atoms with Gasteiger partial charge in [-0.3, -0.25) is 0 Å². The van der Waals surface area contributed by atoms with E-state index in [9.17, 15) is 0 Å². The fraction of sp³-hybridized carbons (Fsp3) is 0.800. The van der Waals surface area contributed by atoms with E-state index in [2.05, 4.69) is 26.5 Å². The third-order valence-electron chi connectivity index (χ3n) is 2.90. The Hall–Kier alpha value is -0.880. The minimum atomic E-state index is 0.371. The summed E-state index contributed by atoms with van der Waals surface area (Å²) in [7, 11) is 0. The van der Waals surface area contributed by atoms with Crippen molar-refractivity contribution in [3.63, 3.8) is 0 Å². The second-order valence-electron chi connectivity index (χ2n) is 4.22. The van der Waals surface area contributed by atoms with Crippen LogP contribution in [-0.2, 0) is 0 Å². The van der Waals surface area contributed by atoms with Crippen molar-refractivity contribution < 1.29 is 0 Å². The number of nitrogen functional groups attached to an aromatic ring is 1. The molecule has 0 atom stereocenters. The van der Waals surface area contributed by atoms with Crippen molar-refractivity contribution in [3.8, 4) is 0 Å². The molecule has 0 bridgehead atoms. The van der Waals surface area contributed by atoms with Gasteiger partial charge < -0.3 is 16.0 Å². The Morgan fingerprint density at radius 3 is 2.81 bits per heavy atom. The van der Waals surface area contributed by atoms with Crippen LogP contribution in [0, 0.1) is 0 Å². The van der Waals surface area contributed by atoms with Crippen molar-refractivity contribution in [1.29, 1.82) is 0 Å². The molecule has 1 aliphatic rings. The molecule has 0 radical (unpaired) electrons. The number of nitrogens with zero attached hydrogens (tertiary/aromatic N) is 3. The average molecular weight is 241 g/mol. The van der Waals surface area contributed by atoms with Gasteiger partial charge in [0.25, 0.3) is 0 Å². The lowest BCUT2D eigenvalue weighted by Crippen LogP contribution is -2.39. The summed E-state index contributed by atoms with van der Waals surface area (Å²) in [5.41, 5.74) is 5.49. The molecule has 0 aromatic carbocycles. The molecule has 0 amide bonds. The van der Waals surface area contributed by atoms with Gasteiger partial charge in [0.1, 0.15) is 0 Å². The molecule has 1 aromatic heterocycles. The molecular formula is C10H19N5S. The molecule has 2 rings (SSSR count). The maximum Gasteiger partial charge on any atom is 0.233 e. The van der Waals surface area contributed by atoms with Gasteiger partial charge in [-0.15, -0.1) is 0 Å². The van der Waals surface area contributed by atoms with Crippen LogP contribution in [0.5, 0.6) is 0 Å². The fourth-order valence-electron chi connectivity index (χ4n) is 2.09. The Morgan fingerprint density at radius 2 is 2.25 bits per heavy atom. The maximum atomic E-state index is 5.49. The van der Waals surface area contributed by atoms with Crippen LogP contribution in [0.4, 0.5) is 11.1 Å². The molecule has 0 saturated carbocycles. The van der Waals surface area contributed by atoms with Crippen molar-refractivity contribution in [3.05, 3.63) is 0 Å².